The van der Waals surface area contributed by atoms with Gasteiger partial charge in [-0.25, -0.2) is 14.6 Å². The number of carbonyl (C=O) groups excluding carboxylic acids is 1. The average molecular weight is 295 g/mol. The van der Waals surface area contributed by atoms with Gasteiger partial charge in [-0.15, -0.1) is 0 Å². The molecule has 0 fully saturated rings. The van der Waals surface area contributed by atoms with Gasteiger partial charge in [-0.2, -0.15) is 0 Å². The quantitative estimate of drug-likeness (QED) is 0.238. The molecule has 0 amide bonds. The third-order valence-electron chi connectivity index (χ3n) is 1.43. The zero-order chi connectivity index (χ0) is 12.8. The molecule has 0 aliphatic rings. The fourth-order valence-electron chi connectivity index (χ4n) is 0.634. The maximum atomic E-state index is 11.1. The SMILES string of the molecule is C=C(C)C(=O)OCC(C)OOCC(C)(C)Br. The number of halogens is 1. The van der Waals surface area contributed by atoms with E-state index in [4.69, 9.17) is 14.5 Å². The minimum absolute atomic E-state index is 0.138. The summed E-state index contributed by atoms with van der Waals surface area (Å²) in [6.45, 7) is 11.3. The predicted molar refractivity (Wildman–Crippen MR) is 65.3 cm³/mol. The van der Waals surface area contributed by atoms with Crippen LogP contribution in [0.25, 0.3) is 0 Å². The summed E-state index contributed by atoms with van der Waals surface area (Å²) in [5, 5.41) is 0. The van der Waals surface area contributed by atoms with Gasteiger partial charge in [0, 0.05) is 9.90 Å². The zero-order valence-electron chi connectivity index (χ0n) is 10.2. The molecule has 94 valence electrons. The van der Waals surface area contributed by atoms with E-state index in [1.165, 1.54) is 0 Å². The molecule has 0 rings (SSSR count). The van der Waals surface area contributed by atoms with Crippen molar-refractivity contribution in [2.24, 2.45) is 0 Å². The smallest absolute Gasteiger partial charge is 0.333 e. The monoisotopic (exact) mass is 294 g/mol. The molecule has 0 N–H and O–H groups in total. The highest BCUT2D eigenvalue weighted by Gasteiger charge is 2.15. The Morgan fingerprint density at radius 3 is 2.50 bits per heavy atom. The fraction of sp³-hybridized carbons (Fsp3) is 0.727. The molecule has 0 spiro atoms. The van der Waals surface area contributed by atoms with E-state index in [1.54, 1.807) is 13.8 Å². The van der Waals surface area contributed by atoms with Crippen molar-refractivity contribution in [3.63, 3.8) is 0 Å². The third kappa shape index (κ3) is 8.88. The molecule has 0 bridgehead atoms. The van der Waals surface area contributed by atoms with Crippen molar-refractivity contribution in [1.29, 1.82) is 0 Å². The van der Waals surface area contributed by atoms with Gasteiger partial charge < -0.3 is 4.74 Å². The van der Waals surface area contributed by atoms with Crippen LogP contribution >= 0.6 is 15.9 Å². The Morgan fingerprint density at radius 1 is 1.50 bits per heavy atom. The van der Waals surface area contributed by atoms with E-state index >= 15 is 0 Å². The maximum Gasteiger partial charge on any atom is 0.333 e. The van der Waals surface area contributed by atoms with Gasteiger partial charge in [0.1, 0.15) is 12.7 Å². The molecule has 0 aromatic heterocycles. The van der Waals surface area contributed by atoms with Gasteiger partial charge in [0.15, 0.2) is 0 Å². The molecule has 0 aliphatic heterocycles. The summed E-state index contributed by atoms with van der Waals surface area (Å²) in [5.74, 6) is -0.420. The Morgan fingerprint density at radius 2 is 2.06 bits per heavy atom. The van der Waals surface area contributed by atoms with Crippen LogP contribution in [0, 0.1) is 0 Å². The summed E-state index contributed by atoms with van der Waals surface area (Å²) in [6, 6.07) is 0. The highest BCUT2D eigenvalue weighted by molar-refractivity contribution is 9.10. The summed E-state index contributed by atoms with van der Waals surface area (Å²) in [4.78, 5) is 21.1. The predicted octanol–water partition coefficient (Wildman–Crippen LogP) is 2.62. The van der Waals surface area contributed by atoms with E-state index in [2.05, 4.69) is 22.5 Å². The van der Waals surface area contributed by atoms with Crippen molar-refractivity contribution < 1.29 is 19.3 Å². The van der Waals surface area contributed by atoms with Crippen LogP contribution < -0.4 is 0 Å². The first-order valence-corrected chi connectivity index (χ1v) is 5.81. The lowest BCUT2D eigenvalue weighted by atomic mass is 10.2. The Balaban J connectivity index is 3.64. The maximum absolute atomic E-state index is 11.1. The van der Waals surface area contributed by atoms with Crippen LogP contribution in [0.4, 0.5) is 0 Å². The lowest BCUT2D eigenvalue weighted by Crippen LogP contribution is -2.24. The van der Waals surface area contributed by atoms with Crippen LogP contribution in [0.5, 0.6) is 0 Å². The third-order valence-corrected chi connectivity index (χ3v) is 1.66. The molecule has 0 heterocycles. The van der Waals surface area contributed by atoms with E-state index in [-0.39, 0.29) is 17.0 Å². The molecule has 0 aliphatic carbocycles. The van der Waals surface area contributed by atoms with Gasteiger partial charge in [0.2, 0.25) is 0 Å². The van der Waals surface area contributed by atoms with Gasteiger partial charge in [-0.05, 0) is 27.7 Å². The summed E-state index contributed by atoms with van der Waals surface area (Å²) >= 11 is 3.41. The van der Waals surface area contributed by atoms with Gasteiger partial charge in [-0.1, -0.05) is 22.5 Å². The van der Waals surface area contributed by atoms with Crippen LogP contribution in [-0.2, 0) is 19.3 Å². The number of esters is 1. The van der Waals surface area contributed by atoms with Crippen molar-refractivity contribution in [3.8, 4) is 0 Å². The molecule has 0 radical (unpaired) electrons. The molecule has 4 nitrogen and oxygen atoms in total. The highest BCUT2D eigenvalue weighted by Crippen LogP contribution is 2.15. The molecule has 0 saturated heterocycles. The first-order valence-electron chi connectivity index (χ1n) is 5.02. The van der Waals surface area contributed by atoms with E-state index in [0.29, 0.717) is 12.2 Å². The summed E-state index contributed by atoms with van der Waals surface area (Å²) in [5.41, 5.74) is 0.370. The molecule has 0 aromatic carbocycles. The first-order chi connectivity index (χ1) is 7.22. The Kier molecular flexibility index (Phi) is 6.87. The summed E-state index contributed by atoms with van der Waals surface area (Å²) < 4.78 is 4.75. The number of hydrogen-bond donors (Lipinski definition) is 0. The van der Waals surface area contributed by atoms with Crippen LogP contribution in [0.2, 0.25) is 0 Å². The zero-order valence-corrected chi connectivity index (χ0v) is 11.8. The van der Waals surface area contributed by atoms with Crippen LogP contribution in [0.1, 0.15) is 27.7 Å². The van der Waals surface area contributed by atoms with Crippen LogP contribution in [-0.4, -0.2) is 29.6 Å². The molecular formula is C11H19BrO4. The fourth-order valence-corrected chi connectivity index (χ4v) is 0.728. The largest absolute Gasteiger partial charge is 0.459 e. The molecule has 5 heteroatoms. The van der Waals surface area contributed by atoms with Gasteiger partial charge in [-0.3, -0.25) is 0 Å². The topological polar surface area (TPSA) is 44.8 Å². The first kappa shape index (κ1) is 15.6. The second-order valence-corrected chi connectivity index (χ2v) is 6.41. The molecular weight excluding hydrogens is 276 g/mol. The molecule has 0 aromatic rings. The molecule has 0 saturated carbocycles. The Hall–Kier alpha value is -0.390. The van der Waals surface area contributed by atoms with Crippen LogP contribution in [0.15, 0.2) is 12.2 Å². The standard InChI is InChI=1S/C11H19BrO4/c1-8(2)10(13)14-6-9(3)16-15-7-11(4,5)12/h9H,1,6-7H2,2-5H3. The van der Waals surface area contributed by atoms with Crippen molar-refractivity contribution >= 4 is 21.9 Å². The normalized spacial score (nSPS) is 13.3. The van der Waals surface area contributed by atoms with Gasteiger partial charge in [0.05, 0.1) is 6.61 Å². The summed E-state index contributed by atoms with van der Waals surface area (Å²) in [6.07, 6.45) is -0.307. The van der Waals surface area contributed by atoms with Gasteiger partial charge in [0.25, 0.3) is 0 Å². The molecule has 1 atom stereocenters. The minimum atomic E-state index is -0.420. The number of ether oxygens (including phenoxy) is 1. The molecule has 16 heavy (non-hydrogen) atoms. The number of alkyl halides is 1. The molecule has 1 unspecified atom stereocenters. The van der Waals surface area contributed by atoms with Crippen molar-refractivity contribution in [1.82, 2.24) is 0 Å². The second-order valence-electron chi connectivity index (χ2n) is 4.27. The lowest BCUT2D eigenvalue weighted by Gasteiger charge is -2.17. The number of hydrogen-bond acceptors (Lipinski definition) is 4. The van der Waals surface area contributed by atoms with Crippen LogP contribution in [0.3, 0.4) is 0 Å². The average Bonchev–Trinajstić information content (AvgIpc) is 2.11. The lowest BCUT2D eigenvalue weighted by molar-refractivity contribution is -0.327. The second kappa shape index (κ2) is 7.04. The van der Waals surface area contributed by atoms with E-state index in [0.717, 1.165) is 0 Å². The van der Waals surface area contributed by atoms with E-state index in [9.17, 15) is 4.79 Å². The van der Waals surface area contributed by atoms with Crippen molar-refractivity contribution in [2.75, 3.05) is 13.2 Å². The van der Waals surface area contributed by atoms with E-state index < -0.39 is 5.97 Å². The summed E-state index contributed by atoms with van der Waals surface area (Å²) in [7, 11) is 0. The number of rotatable bonds is 7. The minimum Gasteiger partial charge on any atom is -0.459 e. The van der Waals surface area contributed by atoms with Crippen molar-refractivity contribution in [2.45, 2.75) is 38.1 Å². The number of carbonyl (C=O) groups is 1. The van der Waals surface area contributed by atoms with E-state index in [1.807, 2.05) is 13.8 Å². The Bertz CT molecular complexity index is 245. The van der Waals surface area contributed by atoms with Gasteiger partial charge >= 0.3 is 5.97 Å². The van der Waals surface area contributed by atoms with Crippen molar-refractivity contribution in [3.05, 3.63) is 12.2 Å². The highest BCUT2D eigenvalue weighted by atomic mass is 79.9. The Labute approximate surface area is 105 Å².